The lowest BCUT2D eigenvalue weighted by Gasteiger charge is -2.14. The molecule has 2 rings (SSSR count). The second kappa shape index (κ2) is 7.08. The molecule has 1 aromatic rings. The smallest absolute Gasteiger partial charge is 0.296 e. The Morgan fingerprint density at radius 1 is 1.08 bits per heavy atom. The van der Waals surface area contributed by atoms with E-state index in [9.17, 15) is 29.8 Å². The largest absolute Gasteiger partial charge is 0.398 e. The molecular formula is C12H11N3O8S3. The number of azo groups is 1. The molecule has 14 heteroatoms. The highest BCUT2D eigenvalue weighted by Gasteiger charge is 2.34. The predicted octanol–water partition coefficient (Wildman–Crippen LogP) is 0.361. The second-order valence-electron chi connectivity index (χ2n) is 4.88. The first-order chi connectivity index (χ1) is 11.9. The van der Waals surface area contributed by atoms with Gasteiger partial charge in [-0.05, 0) is 30.4 Å². The molecule has 0 radical (unpaired) electrons. The van der Waals surface area contributed by atoms with Crippen LogP contribution in [-0.2, 0) is 30.5 Å². The summed E-state index contributed by atoms with van der Waals surface area (Å²) < 4.78 is 86.1. The maximum atomic E-state index is 11.5. The molecule has 0 bridgehead atoms. The molecule has 11 nitrogen and oxygen atoms in total. The maximum Gasteiger partial charge on any atom is 0.296 e. The number of anilines is 1. The second-order valence-corrected chi connectivity index (χ2v) is 8.71. The fraction of sp³-hybridized carbons (Fsp3) is 0.0833. The van der Waals surface area contributed by atoms with Crippen molar-refractivity contribution >= 4 is 46.8 Å². The van der Waals surface area contributed by atoms with Crippen LogP contribution >= 0.6 is 0 Å². The van der Waals surface area contributed by atoms with Crippen LogP contribution in [0.15, 0.2) is 57.2 Å². The average Bonchev–Trinajstić information content (AvgIpc) is 2.51. The van der Waals surface area contributed by atoms with Gasteiger partial charge in [0.25, 0.3) is 20.2 Å². The summed E-state index contributed by atoms with van der Waals surface area (Å²) in [5, 5.41) is 5.19. The van der Waals surface area contributed by atoms with Crippen LogP contribution < -0.4 is 5.73 Å². The average molecular weight is 421 g/mol. The molecule has 1 unspecified atom stereocenters. The van der Waals surface area contributed by atoms with Gasteiger partial charge in [-0.2, -0.15) is 35.5 Å². The van der Waals surface area contributed by atoms with Crippen LogP contribution in [0.2, 0.25) is 0 Å². The SMILES string of the molecule is Nc1ccc(N=NC2=CC=CC(=S(=O)=O)C2S(=O)(=O)O)cc1S(=O)(=O)O. The van der Waals surface area contributed by atoms with Gasteiger partial charge < -0.3 is 5.73 Å². The molecule has 26 heavy (non-hydrogen) atoms. The molecular weight excluding hydrogens is 410 g/mol. The summed E-state index contributed by atoms with van der Waals surface area (Å²) >= 11 is 0. The lowest BCUT2D eigenvalue weighted by atomic mass is 10.1. The number of nitrogens with two attached hydrogens (primary N) is 1. The van der Waals surface area contributed by atoms with Gasteiger partial charge in [-0.25, -0.2) is 0 Å². The van der Waals surface area contributed by atoms with Crippen molar-refractivity contribution in [2.45, 2.75) is 10.1 Å². The van der Waals surface area contributed by atoms with E-state index in [1.807, 2.05) is 0 Å². The Morgan fingerprint density at radius 2 is 1.73 bits per heavy atom. The Morgan fingerprint density at radius 3 is 2.27 bits per heavy atom. The first-order valence-corrected chi connectivity index (χ1v) is 10.5. The zero-order valence-corrected chi connectivity index (χ0v) is 15.0. The van der Waals surface area contributed by atoms with E-state index in [0.717, 1.165) is 24.3 Å². The number of hydrogen-bond donors (Lipinski definition) is 3. The molecule has 0 aliphatic heterocycles. The van der Waals surface area contributed by atoms with Crippen molar-refractivity contribution in [1.29, 1.82) is 0 Å². The third-order valence-electron chi connectivity index (χ3n) is 3.10. The molecule has 0 spiro atoms. The van der Waals surface area contributed by atoms with Crippen LogP contribution in [0.25, 0.3) is 0 Å². The maximum absolute atomic E-state index is 11.5. The highest BCUT2D eigenvalue weighted by atomic mass is 32.2. The van der Waals surface area contributed by atoms with Crippen LogP contribution in [0.4, 0.5) is 11.4 Å². The number of hydrogen-bond acceptors (Lipinski definition) is 9. The van der Waals surface area contributed by atoms with Crippen LogP contribution in [-0.4, -0.2) is 44.5 Å². The zero-order chi connectivity index (χ0) is 19.7. The number of nitrogen functional groups attached to an aromatic ring is 1. The highest BCUT2D eigenvalue weighted by Crippen LogP contribution is 2.26. The number of benzene rings is 1. The predicted molar refractivity (Wildman–Crippen MR) is 91.7 cm³/mol. The Kier molecular flexibility index (Phi) is 5.43. The van der Waals surface area contributed by atoms with Crippen molar-refractivity contribution in [3.05, 3.63) is 42.1 Å². The third-order valence-corrected chi connectivity index (χ3v) is 6.01. The van der Waals surface area contributed by atoms with E-state index in [1.54, 1.807) is 0 Å². The van der Waals surface area contributed by atoms with Gasteiger partial charge >= 0.3 is 0 Å². The Balaban J connectivity index is 2.52. The van der Waals surface area contributed by atoms with Crippen molar-refractivity contribution in [2.24, 2.45) is 10.2 Å². The molecule has 140 valence electrons. The van der Waals surface area contributed by atoms with Crippen LogP contribution in [0.5, 0.6) is 0 Å². The van der Waals surface area contributed by atoms with Gasteiger partial charge in [-0.3, -0.25) is 9.11 Å². The van der Waals surface area contributed by atoms with E-state index >= 15 is 0 Å². The molecule has 1 aliphatic carbocycles. The summed E-state index contributed by atoms with van der Waals surface area (Å²) in [6.07, 6.45) is 3.27. The molecule has 0 saturated heterocycles. The quantitative estimate of drug-likeness (QED) is 0.266. The van der Waals surface area contributed by atoms with Crippen LogP contribution in [0.1, 0.15) is 0 Å². The fourth-order valence-electron chi connectivity index (χ4n) is 2.01. The van der Waals surface area contributed by atoms with Gasteiger partial charge in [0.2, 0.25) is 10.3 Å². The van der Waals surface area contributed by atoms with Gasteiger partial charge in [-0.1, -0.05) is 6.08 Å². The Bertz CT molecular complexity index is 1180. The van der Waals surface area contributed by atoms with Gasteiger partial charge in [0.05, 0.1) is 21.9 Å². The molecule has 4 N–H and O–H groups in total. The number of nitrogens with zero attached hydrogens (tertiary/aromatic N) is 2. The monoisotopic (exact) mass is 421 g/mol. The minimum atomic E-state index is -4.87. The summed E-state index contributed by atoms with van der Waals surface area (Å²) in [6.45, 7) is 0. The highest BCUT2D eigenvalue weighted by molar-refractivity contribution is 7.89. The summed E-state index contributed by atoms with van der Waals surface area (Å²) in [4.78, 5) is -1.27. The lowest BCUT2D eigenvalue weighted by Crippen LogP contribution is -2.32. The van der Waals surface area contributed by atoms with E-state index in [0.29, 0.717) is 0 Å². The summed E-state index contributed by atoms with van der Waals surface area (Å²) in [5.74, 6) is 0. The molecule has 0 aromatic heterocycles. The number of rotatable bonds is 4. The van der Waals surface area contributed by atoms with Crippen LogP contribution in [0, 0.1) is 0 Å². The van der Waals surface area contributed by atoms with Gasteiger partial charge in [-0.15, -0.1) is 0 Å². The third kappa shape index (κ3) is 4.41. The Labute approximate surface area is 149 Å². The standard InChI is InChI=1S/C12H11N3O8S3/c13-8-5-4-7(6-11(8)25(18,19)20)14-15-9-2-1-3-10(24(16)17)12(9)26(21,22)23/h1-6,12H,13H2,(H,18,19,20)(H,21,22,23). The van der Waals surface area contributed by atoms with Crippen molar-refractivity contribution in [1.82, 2.24) is 0 Å². The van der Waals surface area contributed by atoms with Crippen LogP contribution in [0.3, 0.4) is 0 Å². The Hall–Kier alpha value is -2.39. The van der Waals surface area contributed by atoms with Crippen molar-refractivity contribution in [3.8, 4) is 0 Å². The summed E-state index contributed by atoms with van der Waals surface area (Å²) in [6, 6.07) is 3.23. The van der Waals surface area contributed by atoms with Gasteiger partial charge in [0.1, 0.15) is 4.90 Å². The first-order valence-electron chi connectivity index (χ1n) is 6.50. The molecule has 0 fully saturated rings. The first kappa shape index (κ1) is 19.9. The van der Waals surface area contributed by atoms with E-state index in [2.05, 4.69) is 10.2 Å². The normalized spacial score (nSPS) is 18.2. The molecule has 1 aromatic carbocycles. The molecule has 1 atom stereocenters. The topological polar surface area (TPSA) is 194 Å². The van der Waals surface area contributed by atoms with Gasteiger partial charge in [0, 0.05) is 0 Å². The van der Waals surface area contributed by atoms with E-state index < -0.39 is 51.2 Å². The minimum absolute atomic E-state index is 0.124. The van der Waals surface area contributed by atoms with Crippen molar-refractivity contribution < 1.29 is 34.4 Å². The molecule has 0 heterocycles. The minimum Gasteiger partial charge on any atom is -0.398 e. The summed E-state index contributed by atoms with van der Waals surface area (Å²) in [5.41, 5.74) is 4.64. The molecule has 0 saturated carbocycles. The summed E-state index contributed by atoms with van der Waals surface area (Å²) in [7, 11) is -12.4. The van der Waals surface area contributed by atoms with E-state index in [-0.39, 0.29) is 11.4 Å². The van der Waals surface area contributed by atoms with Gasteiger partial charge in [0.15, 0.2) is 5.25 Å². The van der Waals surface area contributed by atoms with E-state index in [4.69, 9.17) is 10.3 Å². The zero-order valence-electron chi connectivity index (χ0n) is 12.6. The van der Waals surface area contributed by atoms with Crippen molar-refractivity contribution in [3.63, 3.8) is 0 Å². The van der Waals surface area contributed by atoms with E-state index in [1.165, 1.54) is 12.1 Å². The molecule has 1 aliphatic rings. The lowest BCUT2D eigenvalue weighted by molar-refractivity contribution is 0.479. The fourth-order valence-corrected chi connectivity index (χ4v) is 4.54. The van der Waals surface area contributed by atoms with Crippen molar-refractivity contribution in [2.75, 3.05) is 5.73 Å². The molecule has 0 amide bonds. The number of allylic oxidation sites excluding steroid dienone is 3.